The van der Waals surface area contributed by atoms with Gasteiger partial charge < -0.3 is 14.9 Å². The molecule has 1 aromatic carbocycles. The number of carbonyl (C=O) groups excluding carboxylic acids is 2. The molecule has 0 saturated heterocycles. The molecule has 0 aliphatic heterocycles. The van der Waals surface area contributed by atoms with E-state index in [4.69, 9.17) is 4.74 Å². The molecule has 0 aromatic heterocycles. The van der Waals surface area contributed by atoms with Gasteiger partial charge in [0, 0.05) is 0 Å². The van der Waals surface area contributed by atoms with Crippen LogP contribution in [0, 0.1) is 6.92 Å². The van der Waals surface area contributed by atoms with E-state index < -0.39 is 29.6 Å². The molecule has 120 valence electrons. The van der Waals surface area contributed by atoms with Crippen LogP contribution in [0.25, 0.3) is 6.08 Å². The van der Waals surface area contributed by atoms with Gasteiger partial charge in [-0.2, -0.15) is 0 Å². The Hall–Kier alpha value is -1.98. The molecule has 0 bridgehead atoms. The summed E-state index contributed by atoms with van der Waals surface area (Å²) in [6, 6.07) is 7.32. The summed E-state index contributed by atoms with van der Waals surface area (Å²) >= 11 is 0. The molecular weight excluding hydrogens is 284 g/mol. The summed E-state index contributed by atoms with van der Waals surface area (Å²) in [6.45, 7) is 6.26. The van der Waals surface area contributed by atoms with E-state index in [0.717, 1.165) is 24.1 Å². The predicted molar refractivity (Wildman–Crippen MR) is 83.1 cm³/mol. The van der Waals surface area contributed by atoms with Crippen molar-refractivity contribution < 1.29 is 24.5 Å². The monoisotopic (exact) mass is 306 g/mol. The zero-order valence-corrected chi connectivity index (χ0v) is 13.2. The van der Waals surface area contributed by atoms with Gasteiger partial charge in [0.2, 0.25) is 5.60 Å². The van der Waals surface area contributed by atoms with Gasteiger partial charge in [0.1, 0.15) is 0 Å². The summed E-state index contributed by atoms with van der Waals surface area (Å²) in [7, 11) is 0. The number of ketones is 1. The maximum atomic E-state index is 12.1. The van der Waals surface area contributed by atoms with Gasteiger partial charge in [-0.15, -0.1) is 0 Å². The van der Waals surface area contributed by atoms with Gasteiger partial charge in [0.15, 0.2) is 11.9 Å². The van der Waals surface area contributed by atoms with E-state index >= 15 is 0 Å². The molecule has 5 heteroatoms. The second kappa shape index (κ2) is 7.33. The van der Waals surface area contributed by atoms with Crippen LogP contribution in [0.5, 0.6) is 0 Å². The number of ether oxygens (including phenoxy) is 1. The number of rotatable bonds is 6. The second-order valence-corrected chi connectivity index (χ2v) is 5.54. The Morgan fingerprint density at radius 1 is 1.23 bits per heavy atom. The molecule has 0 aliphatic carbocycles. The predicted octanol–water partition coefficient (Wildman–Crippen LogP) is 1.64. The van der Waals surface area contributed by atoms with Crippen LogP contribution in [0.15, 0.2) is 30.3 Å². The third-order valence-electron chi connectivity index (χ3n) is 3.08. The number of Topliss-reactive ketones (excluding diaryl/α,β-unsaturated/α-hetero) is 1. The average molecular weight is 306 g/mol. The van der Waals surface area contributed by atoms with E-state index in [0.29, 0.717) is 0 Å². The molecular formula is C17H22O5. The van der Waals surface area contributed by atoms with Crippen molar-refractivity contribution >= 4 is 17.8 Å². The summed E-state index contributed by atoms with van der Waals surface area (Å²) in [6.07, 6.45) is 0.188. The van der Waals surface area contributed by atoms with Crippen molar-refractivity contribution in [1.82, 2.24) is 0 Å². The summed E-state index contributed by atoms with van der Waals surface area (Å²) < 4.78 is 4.94. The Bertz CT molecular complexity index is 559. The van der Waals surface area contributed by atoms with Crippen LogP contribution in [-0.4, -0.2) is 39.8 Å². The average Bonchev–Trinajstić information content (AvgIpc) is 2.44. The smallest absolute Gasteiger partial charge is 0.345 e. The van der Waals surface area contributed by atoms with Gasteiger partial charge in [0.25, 0.3) is 0 Å². The molecule has 0 saturated carbocycles. The fourth-order valence-corrected chi connectivity index (χ4v) is 1.79. The Balaban J connectivity index is 3.12. The lowest BCUT2D eigenvalue weighted by Crippen LogP contribution is -2.52. The van der Waals surface area contributed by atoms with Gasteiger partial charge in [-0.1, -0.05) is 35.9 Å². The fraction of sp³-hybridized carbons (Fsp3) is 0.412. The lowest BCUT2D eigenvalue weighted by Gasteiger charge is -2.27. The maximum Gasteiger partial charge on any atom is 0.345 e. The first-order valence-electron chi connectivity index (χ1n) is 7.04. The van der Waals surface area contributed by atoms with E-state index in [1.54, 1.807) is 26.0 Å². The number of carbonyl (C=O) groups is 2. The van der Waals surface area contributed by atoms with Crippen molar-refractivity contribution in [2.75, 3.05) is 0 Å². The molecule has 2 atom stereocenters. The molecule has 0 fully saturated rings. The zero-order valence-electron chi connectivity index (χ0n) is 13.2. The third kappa shape index (κ3) is 4.51. The molecule has 0 aliphatic rings. The standard InChI is InChI=1S/C17H22O5/c1-11(2)22-16(20)17(21,15(19)13(4)18)10-9-14-7-5-12(3)6-8-14/h5-11,15,19,21H,1-4H3/b10-9+/t15-,17+/m0/s1. The topological polar surface area (TPSA) is 83.8 Å². The van der Waals surface area contributed by atoms with Gasteiger partial charge in [0.05, 0.1) is 6.10 Å². The van der Waals surface area contributed by atoms with Crippen LogP contribution < -0.4 is 0 Å². The molecule has 0 heterocycles. The highest BCUT2D eigenvalue weighted by atomic mass is 16.6. The van der Waals surface area contributed by atoms with E-state index in [1.165, 1.54) is 6.08 Å². The van der Waals surface area contributed by atoms with Gasteiger partial charge in [-0.25, -0.2) is 4.79 Å². The zero-order chi connectivity index (χ0) is 16.9. The van der Waals surface area contributed by atoms with E-state index in [2.05, 4.69) is 0 Å². The number of aryl methyl sites for hydroxylation is 1. The molecule has 1 rings (SSSR count). The highest BCUT2D eigenvalue weighted by Crippen LogP contribution is 2.19. The van der Waals surface area contributed by atoms with Crippen molar-refractivity contribution in [2.24, 2.45) is 0 Å². The van der Waals surface area contributed by atoms with Crippen molar-refractivity contribution in [1.29, 1.82) is 0 Å². The van der Waals surface area contributed by atoms with E-state index in [-0.39, 0.29) is 0 Å². The summed E-state index contributed by atoms with van der Waals surface area (Å²) in [5.74, 6) is -1.79. The van der Waals surface area contributed by atoms with Gasteiger partial charge in [-0.05, 0) is 39.3 Å². The van der Waals surface area contributed by atoms with Crippen LogP contribution in [0.1, 0.15) is 31.9 Å². The molecule has 5 nitrogen and oxygen atoms in total. The first kappa shape index (κ1) is 18.1. The van der Waals surface area contributed by atoms with Crippen LogP contribution in [-0.2, 0) is 14.3 Å². The summed E-state index contributed by atoms with van der Waals surface area (Å²) in [5.41, 5.74) is -0.631. The van der Waals surface area contributed by atoms with Gasteiger partial charge >= 0.3 is 5.97 Å². The highest BCUT2D eigenvalue weighted by Gasteiger charge is 2.45. The minimum atomic E-state index is -2.42. The number of hydrogen-bond donors (Lipinski definition) is 2. The van der Waals surface area contributed by atoms with Crippen LogP contribution in [0.4, 0.5) is 0 Å². The molecule has 2 N–H and O–H groups in total. The van der Waals surface area contributed by atoms with Crippen molar-refractivity contribution in [3.63, 3.8) is 0 Å². The van der Waals surface area contributed by atoms with Crippen LogP contribution in [0.3, 0.4) is 0 Å². The number of aliphatic hydroxyl groups excluding tert-OH is 1. The number of aliphatic hydroxyl groups is 2. The lowest BCUT2D eigenvalue weighted by molar-refractivity contribution is -0.176. The Labute approximate surface area is 130 Å². The van der Waals surface area contributed by atoms with Crippen molar-refractivity contribution in [3.05, 3.63) is 41.5 Å². The lowest BCUT2D eigenvalue weighted by atomic mass is 9.92. The number of esters is 1. The molecule has 0 unspecified atom stereocenters. The summed E-state index contributed by atoms with van der Waals surface area (Å²) in [5, 5.41) is 20.4. The van der Waals surface area contributed by atoms with Crippen molar-refractivity contribution in [2.45, 2.75) is 45.5 Å². The third-order valence-corrected chi connectivity index (χ3v) is 3.08. The van der Waals surface area contributed by atoms with Crippen LogP contribution in [0.2, 0.25) is 0 Å². The Kier molecular flexibility index (Phi) is 6.02. The highest BCUT2D eigenvalue weighted by molar-refractivity contribution is 5.93. The van der Waals surface area contributed by atoms with Crippen molar-refractivity contribution in [3.8, 4) is 0 Å². The number of hydrogen-bond acceptors (Lipinski definition) is 5. The van der Waals surface area contributed by atoms with E-state index in [1.807, 2.05) is 19.1 Å². The molecule has 0 radical (unpaired) electrons. The first-order valence-corrected chi connectivity index (χ1v) is 7.04. The maximum absolute atomic E-state index is 12.1. The molecule has 0 spiro atoms. The summed E-state index contributed by atoms with van der Waals surface area (Å²) in [4.78, 5) is 23.4. The SMILES string of the molecule is CC(=O)[C@H](O)[C@](O)(/C=C/c1ccc(C)cc1)C(=O)OC(C)C. The minimum Gasteiger partial charge on any atom is -0.461 e. The molecule has 22 heavy (non-hydrogen) atoms. The quantitative estimate of drug-likeness (QED) is 0.781. The largest absolute Gasteiger partial charge is 0.461 e. The van der Waals surface area contributed by atoms with E-state index in [9.17, 15) is 19.8 Å². The fourth-order valence-electron chi connectivity index (χ4n) is 1.79. The Morgan fingerprint density at radius 2 is 1.77 bits per heavy atom. The second-order valence-electron chi connectivity index (χ2n) is 5.54. The number of benzene rings is 1. The first-order chi connectivity index (χ1) is 10.2. The van der Waals surface area contributed by atoms with Gasteiger partial charge in [-0.3, -0.25) is 4.79 Å². The van der Waals surface area contributed by atoms with Crippen LogP contribution >= 0.6 is 0 Å². The Morgan fingerprint density at radius 3 is 2.23 bits per heavy atom. The molecule has 0 amide bonds. The minimum absolute atomic E-state index is 0.481. The molecule has 1 aromatic rings. The normalized spacial score (nSPS) is 15.6.